The fraction of sp³-hybridized carbons (Fsp3) is 0.217. The summed E-state index contributed by atoms with van der Waals surface area (Å²) >= 11 is 0. The lowest BCUT2D eigenvalue weighted by molar-refractivity contribution is 0.0170. The van der Waals surface area contributed by atoms with E-state index in [0.29, 0.717) is 17.3 Å². The van der Waals surface area contributed by atoms with E-state index >= 15 is 0 Å². The van der Waals surface area contributed by atoms with Crippen LogP contribution in [0.4, 0.5) is 17.6 Å². The quantitative estimate of drug-likeness (QED) is 0.510. The van der Waals surface area contributed by atoms with E-state index in [-0.39, 0.29) is 40.2 Å². The number of carbonyl (C=O) groups excluding carboxylic acids is 1. The van der Waals surface area contributed by atoms with Crippen LogP contribution < -0.4 is 0 Å². The van der Waals surface area contributed by atoms with Gasteiger partial charge >= 0.3 is 0 Å². The minimum atomic E-state index is -3.69. The standard InChI is InChI=1S/C23H18F4N2O3S/c1-23(26,27)15-5-14-11-29(12-21(14)28-10-15)22(30)20-9-18(33(2,31)32)3-4-19(20)13-6-16(24)8-17(25)7-13/h3-10H,11-12H2,1-2H3. The van der Waals surface area contributed by atoms with Crippen molar-refractivity contribution in [2.45, 2.75) is 30.8 Å². The Balaban J connectivity index is 1.77. The van der Waals surface area contributed by atoms with Gasteiger partial charge in [-0.25, -0.2) is 26.0 Å². The molecule has 0 bridgehead atoms. The molecule has 0 fully saturated rings. The van der Waals surface area contributed by atoms with Crippen molar-refractivity contribution in [3.8, 4) is 11.1 Å². The molecule has 4 rings (SSSR count). The molecule has 5 nitrogen and oxygen atoms in total. The summed E-state index contributed by atoms with van der Waals surface area (Å²) in [5.74, 6) is -5.44. The summed E-state index contributed by atoms with van der Waals surface area (Å²) in [5, 5.41) is 0. The van der Waals surface area contributed by atoms with Crippen LogP contribution in [0.15, 0.2) is 53.6 Å². The lowest BCUT2D eigenvalue weighted by Gasteiger charge is -2.19. The van der Waals surface area contributed by atoms with Crippen molar-refractivity contribution in [2.75, 3.05) is 6.26 Å². The van der Waals surface area contributed by atoms with Gasteiger partial charge < -0.3 is 4.90 Å². The average Bonchev–Trinajstić information content (AvgIpc) is 3.14. The molecule has 1 amide bonds. The fourth-order valence-corrected chi connectivity index (χ4v) is 4.35. The van der Waals surface area contributed by atoms with E-state index < -0.39 is 33.3 Å². The zero-order valence-electron chi connectivity index (χ0n) is 17.6. The van der Waals surface area contributed by atoms with Gasteiger partial charge in [0, 0.05) is 43.1 Å². The van der Waals surface area contributed by atoms with Crippen molar-refractivity contribution < 1.29 is 30.8 Å². The number of pyridine rings is 1. The number of aromatic nitrogens is 1. The molecule has 10 heteroatoms. The maximum atomic E-state index is 13.8. The molecule has 2 aromatic carbocycles. The Hall–Kier alpha value is -3.27. The van der Waals surface area contributed by atoms with Gasteiger partial charge in [-0.2, -0.15) is 0 Å². The van der Waals surface area contributed by atoms with Crippen LogP contribution in [0.2, 0.25) is 0 Å². The van der Waals surface area contributed by atoms with E-state index in [4.69, 9.17) is 0 Å². The number of amides is 1. The van der Waals surface area contributed by atoms with Crippen molar-refractivity contribution in [1.29, 1.82) is 0 Å². The molecule has 2 heterocycles. The molecular formula is C23H18F4N2O3S. The number of rotatable bonds is 4. The number of fused-ring (bicyclic) bond motifs is 1. The lowest BCUT2D eigenvalue weighted by Crippen LogP contribution is -2.26. The van der Waals surface area contributed by atoms with Crippen LogP contribution >= 0.6 is 0 Å². The first-order valence-corrected chi connectivity index (χ1v) is 11.7. The van der Waals surface area contributed by atoms with Gasteiger partial charge in [0.2, 0.25) is 0 Å². The Morgan fingerprint density at radius 3 is 2.30 bits per heavy atom. The highest BCUT2D eigenvalue weighted by molar-refractivity contribution is 7.90. The Morgan fingerprint density at radius 1 is 1.03 bits per heavy atom. The Kier molecular flexibility index (Phi) is 5.52. The van der Waals surface area contributed by atoms with Gasteiger partial charge in [-0.15, -0.1) is 0 Å². The third kappa shape index (κ3) is 4.61. The van der Waals surface area contributed by atoms with E-state index in [0.717, 1.165) is 37.6 Å². The summed E-state index contributed by atoms with van der Waals surface area (Å²) in [6.45, 7) is 0.740. The molecule has 1 aromatic heterocycles. The molecule has 0 spiro atoms. The average molecular weight is 478 g/mol. The second-order valence-electron chi connectivity index (χ2n) is 8.02. The van der Waals surface area contributed by atoms with E-state index in [9.17, 15) is 30.8 Å². The van der Waals surface area contributed by atoms with Crippen LogP contribution in [0.5, 0.6) is 0 Å². The van der Waals surface area contributed by atoms with Crippen molar-refractivity contribution in [2.24, 2.45) is 0 Å². The van der Waals surface area contributed by atoms with Gasteiger partial charge in [0.25, 0.3) is 11.8 Å². The monoisotopic (exact) mass is 478 g/mol. The smallest absolute Gasteiger partial charge is 0.272 e. The van der Waals surface area contributed by atoms with E-state index in [1.807, 2.05) is 0 Å². The number of sulfone groups is 1. The minimum absolute atomic E-state index is 0.0176. The van der Waals surface area contributed by atoms with Crippen LogP contribution in [-0.4, -0.2) is 30.5 Å². The largest absolute Gasteiger partial charge is 0.328 e. The van der Waals surface area contributed by atoms with Crippen LogP contribution in [0, 0.1) is 11.6 Å². The fourth-order valence-electron chi connectivity index (χ4n) is 3.71. The predicted molar refractivity (Wildman–Crippen MR) is 112 cm³/mol. The maximum Gasteiger partial charge on any atom is 0.272 e. The molecule has 33 heavy (non-hydrogen) atoms. The SMILES string of the molecule is CC(F)(F)c1cnc2c(c1)CN(C(=O)c1cc(S(C)(=O)=O)ccc1-c1cc(F)cc(F)c1)C2. The topological polar surface area (TPSA) is 67.3 Å². The predicted octanol–water partition coefficient (Wildman–Crippen LogP) is 4.70. The van der Waals surface area contributed by atoms with Gasteiger partial charge in [0.15, 0.2) is 9.84 Å². The second-order valence-corrected chi connectivity index (χ2v) is 10.0. The number of carbonyl (C=O) groups is 1. The van der Waals surface area contributed by atoms with Gasteiger partial charge in [0.05, 0.1) is 17.1 Å². The highest BCUT2D eigenvalue weighted by atomic mass is 32.2. The Morgan fingerprint density at radius 2 is 1.70 bits per heavy atom. The summed E-state index contributed by atoms with van der Waals surface area (Å²) < 4.78 is 79.1. The molecular weight excluding hydrogens is 460 g/mol. The van der Waals surface area contributed by atoms with Crippen LogP contribution in [0.1, 0.15) is 34.1 Å². The van der Waals surface area contributed by atoms with Crippen molar-refractivity contribution >= 4 is 15.7 Å². The molecule has 0 N–H and O–H groups in total. The summed E-state index contributed by atoms with van der Waals surface area (Å²) in [6.07, 6.45) is 2.03. The van der Waals surface area contributed by atoms with Crippen LogP contribution in [-0.2, 0) is 28.8 Å². The normalized spacial score (nSPS) is 13.8. The first kappa shape index (κ1) is 22.9. The zero-order valence-corrected chi connectivity index (χ0v) is 18.4. The van der Waals surface area contributed by atoms with Crippen molar-refractivity contribution in [1.82, 2.24) is 9.88 Å². The highest BCUT2D eigenvalue weighted by Gasteiger charge is 2.31. The first-order valence-electron chi connectivity index (χ1n) is 9.79. The first-order chi connectivity index (χ1) is 15.3. The second kappa shape index (κ2) is 7.95. The molecule has 0 radical (unpaired) electrons. The number of halogens is 4. The third-order valence-corrected chi connectivity index (χ3v) is 6.49. The number of hydrogen-bond donors (Lipinski definition) is 0. The summed E-state index contributed by atoms with van der Waals surface area (Å²) in [4.78, 5) is 18.6. The number of benzene rings is 2. The van der Waals surface area contributed by atoms with E-state index in [1.54, 1.807) is 0 Å². The zero-order chi connectivity index (χ0) is 24.1. The lowest BCUT2D eigenvalue weighted by atomic mass is 9.98. The van der Waals surface area contributed by atoms with E-state index in [1.165, 1.54) is 23.1 Å². The van der Waals surface area contributed by atoms with Crippen LogP contribution in [0.3, 0.4) is 0 Å². The molecule has 1 aliphatic rings. The summed E-state index contributed by atoms with van der Waals surface area (Å²) in [5.41, 5.74) is 0.699. The molecule has 0 unspecified atom stereocenters. The summed E-state index contributed by atoms with van der Waals surface area (Å²) in [7, 11) is -3.69. The van der Waals surface area contributed by atoms with E-state index in [2.05, 4.69) is 4.98 Å². The molecule has 3 aromatic rings. The molecule has 172 valence electrons. The highest BCUT2D eigenvalue weighted by Crippen LogP contribution is 2.33. The molecule has 0 saturated carbocycles. The van der Waals surface area contributed by atoms with Gasteiger partial charge in [-0.05, 0) is 47.0 Å². The number of hydrogen-bond acceptors (Lipinski definition) is 4. The summed E-state index contributed by atoms with van der Waals surface area (Å²) in [6, 6.07) is 7.74. The van der Waals surface area contributed by atoms with Gasteiger partial charge in [-0.1, -0.05) is 6.07 Å². The third-order valence-electron chi connectivity index (χ3n) is 5.38. The van der Waals surface area contributed by atoms with Gasteiger partial charge in [-0.3, -0.25) is 9.78 Å². The number of nitrogens with zero attached hydrogens (tertiary/aromatic N) is 2. The van der Waals surface area contributed by atoms with Gasteiger partial charge in [0.1, 0.15) is 11.6 Å². The van der Waals surface area contributed by atoms with Crippen molar-refractivity contribution in [3.05, 3.63) is 82.7 Å². The Labute approximate surface area is 187 Å². The molecule has 0 atom stereocenters. The minimum Gasteiger partial charge on any atom is -0.328 e. The molecule has 1 aliphatic heterocycles. The Bertz CT molecular complexity index is 1360. The molecule has 0 aliphatic carbocycles. The molecule has 0 saturated heterocycles. The maximum absolute atomic E-state index is 13.8. The van der Waals surface area contributed by atoms with Crippen molar-refractivity contribution in [3.63, 3.8) is 0 Å². The van der Waals surface area contributed by atoms with Crippen LogP contribution in [0.25, 0.3) is 11.1 Å². The number of alkyl halides is 2.